The Kier molecular flexibility index (Phi) is 7.90. The molecule has 2 aromatic carbocycles. The van der Waals surface area contributed by atoms with Crippen LogP contribution in [-0.2, 0) is 32.6 Å². The SMILES string of the molecule is CCCn1c(CCC(=O)NNC(=O)COc2c(C)cccc2C)nc2cc(S(N)(=O)=O)ccc21. The van der Waals surface area contributed by atoms with Crippen molar-refractivity contribution in [2.45, 2.75) is 51.5 Å². The third-order valence-electron chi connectivity index (χ3n) is 5.25. The van der Waals surface area contributed by atoms with Gasteiger partial charge in [0.1, 0.15) is 11.6 Å². The first-order chi connectivity index (χ1) is 16.1. The highest BCUT2D eigenvalue weighted by Gasteiger charge is 2.16. The van der Waals surface area contributed by atoms with Gasteiger partial charge >= 0.3 is 0 Å². The fourth-order valence-corrected chi connectivity index (χ4v) is 4.16. The molecule has 3 aromatic rings. The molecule has 0 saturated carbocycles. The van der Waals surface area contributed by atoms with Crippen molar-refractivity contribution in [3.05, 3.63) is 53.3 Å². The molecule has 0 unspecified atom stereocenters. The molecule has 3 rings (SSSR count). The summed E-state index contributed by atoms with van der Waals surface area (Å²) in [5, 5.41) is 5.22. The number of carbonyl (C=O) groups excluding carboxylic acids is 2. The van der Waals surface area contributed by atoms with Crippen molar-refractivity contribution >= 4 is 32.9 Å². The summed E-state index contributed by atoms with van der Waals surface area (Å²) in [4.78, 5) is 28.8. The van der Waals surface area contributed by atoms with Crippen molar-refractivity contribution in [1.82, 2.24) is 20.4 Å². The van der Waals surface area contributed by atoms with Gasteiger partial charge in [-0.3, -0.25) is 20.4 Å². The van der Waals surface area contributed by atoms with Crippen LogP contribution in [0.3, 0.4) is 0 Å². The highest BCUT2D eigenvalue weighted by Crippen LogP contribution is 2.22. The fraction of sp³-hybridized carbons (Fsp3) is 0.348. The number of fused-ring (bicyclic) bond motifs is 1. The number of nitrogens with zero attached hydrogens (tertiary/aromatic N) is 2. The molecule has 0 radical (unpaired) electrons. The molecule has 0 aliphatic heterocycles. The van der Waals surface area contributed by atoms with Crippen LogP contribution in [0.15, 0.2) is 41.3 Å². The van der Waals surface area contributed by atoms with Gasteiger partial charge in [0.15, 0.2) is 6.61 Å². The van der Waals surface area contributed by atoms with Crippen molar-refractivity contribution in [3.63, 3.8) is 0 Å². The van der Waals surface area contributed by atoms with Crippen molar-refractivity contribution in [1.29, 1.82) is 0 Å². The van der Waals surface area contributed by atoms with E-state index in [9.17, 15) is 18.0 Å². The minimum absolute atomic E-state index is 0.0173. The first-order valence-corrected chi connectivity index (χ1v) is 12.4. The number of rotatable bonds is 9. The number of nitrogens with two attached hydrogens (primary N) is 1. The third-order valence-corrected chi connectivity index (χ3v) is 6.16. The summed E-state index contributed by atoms with van der Waals surface area (Å²) in [7, 11) is -3.84. The molecule has 2 amide bonds. The Hall–Kier alpha value is -3.44. The summed E-state index contributed by atoms with van der Waals surface area (Å²) in [5.74, 6) is 0.415. The number of imidazole rings is 1. The number of hydrogen-bond donors (Lipinski definition) is 3. The normalized spacial score (nSPS) is 11.4. The Morgan fingerprint density at radius 2 is 1.76 bits per heavy atom. The van der Waals surface area contributed by atoms with Crippen LogP contribution in [0, 0.1) is 13.8 Å². The van der Waals surface area contributed by atoms with E-state index in [-0.39, 0.29) is 23.8 Å². The van der Waals surface area contributed by atoms with E-state index >= 15 is 0 Å². The van der Waals surface area contributed by atoms with Gasteiger partial charge < -0.3 is 9.30 Å². The second-order valence-electron chi connectivity index (χ2n) is 7.98. The molecule has 0 spiro atoms. The van der Waals surface area contributed by atoms with Crippen LogP contribution >= 0.6 is 0 Å². The predicted octanol–water partition coefficient (Wildman–Crippen LogP) is 1.87. The zero-order valence-electron chi connectivity index (χ0n) is 19.4. The number of para-hydroxylation sites is 1. The smallest absolute Gasteiger partial charge is 0.276 e. The van der Waals surface area contributed by atoms with Gasteiger partial charge in [-0.2, -0.15) is 0 Å². The number of ether oxygens (including phenoxy) is 1. The molecule has 0 aliphatic carbocycles. The molecule has 10 nitrogen and oxygen atoms in total. The number of carbonyl (C=O) groups is 2. The lowest BCUT2D eigenvalue weighted by atomic mass is 10.1. The third kappa shape index (κ3) is 6.12. The van der Waals surface area contributed by atoms with E-state index in [1.165, 1.54) is 12.1 Å². The van der Waals surface area contributed by atoms with Crippen molar-refractivity contribution in [2.75, 3.05) is 6.61 Å². The number of hydrazine groups is 1. The number of aromatic nitrogens is 2. The molecule has 182 valence electrons. The molecule has 0 atom stereocenters. The van der Waals surface area contributed by atoms with Crippen LogP contribution in [0.4, 0.5) is 0 Å². The second kappa shape index (κ2) is 10.7. The van der Waals surface area contributed by atoms with E-state index in [1.807, 2.05) is 43.5 Å². The minimum Gasteiger partial charge on any atom is -0.483 e. The van der Waals surface area contributed by atoms with Crippen molar-refractivity contribution < 1.29 is 22.7 Å². The first kappa shape index (κ1) is 25.2. The summed E-state index contributed by atoms with van der Waals surface area (Å²) in [6.45, 7) is 6.23. The van der Waals surface area contributed by atoms with Gasteiger partial charge in [0.05, 0.1) is 15.9 Å². The van der Waals surface area contributed by atoms with E-state index < -0.39 is 15.9 Å². The predicted molar refractivity (Wildman–Crippen MR) is 127 cm³/mol. The maximum atomic E-state index is 12.3. The minimum atomic E-state index is -3.84. The van der Waals surface area contributed by atoms with Crippen LogP contribution in [-0.4, -0.2) is 36.4 Å². The van der Waals surface area contributed by atoms with E-state index in [0.717, 1.165) is 23.1 Å². The van der Waals surface area contributed by atoms with Gasteiger partial charge in [-0.15, -0.1) is 0 Å². The standard InChI is InChI=1S/C23H29N5O5S/c1-4-12-28-19-9-8-17(34(24,31)32)13-18(19)25-20(28)10-11-21(29)26-27-22(30)14-33-23-15(2)6-5-7-16(23)3/h5-9,13H,4,10-12,14H2,1-3H3,(H,26,29)(H,27,30)(H2,24,31,32). The van der Waals surface area contributed by atoms with Gasteiger partial charge in [0.2, 0.25) is 15.9 Å². The maximum absolute atomic E-state index is 12.3. The average Bonchev–Trinajstić information content (AvgIpc) is 3.12. The number of primary sulfonamides is 1. The lowest BCUT2D eigenvalue weighted by Crippen LogP contribution is -2.44. The van der Waals surface area contributed by atoms with Gasteiger partial charge in [0, 0.05) is 19.4 Å². The topological polar surface area (TPSA) is 145 Å². The summed E-state index contributed by atoms with van der Waals surface area (Å²) >= 11 is 0. The molecule has 1 heterocycles. The summed E-state index contributed by atoms with van der Waals surface area (Å²) in [6, 6.07) is 10.2. The molecule has 0 bridgehead atoms. The first-order valence-electron chi connectivity index (χ1n) is 10.9. The molecule has 0 saturated heterocycles. The molecule has 4 N–H and O–H groups in total. The molecule has 11 heteroatoms. The average molecular weight is 488 g/mol. The van der Waals surface area contributed by atoms with E-state index in [0.29, 0.717) is 30.1 Å². The Morgan fingerprint density at radius 3 is 2.41 bits per heavy atom. The highest BCUT2D eigenvalue weighted by atomic mass is 32.2. The second-order valence-corrected chi connectivity index (χ2v) is 9.54. The zero-order valence-corrected chi connectivity index (χ0v) is 20.2. The summed E-state index contributed by atoms with van der Waals surface area (Å²) in [5.41, 5.74) is 7.83. The Labute approximate surface area is 198 Å². The van der Waals surface area contributed by atoms with E-state index in [1.54, 1.807) is 6.07 Å². The number of benzene rings is 2. The molecular weight excluding hydrogens is 458 g/mol. The van der Waals surface area contributed by atoms with Crippen molar-refractivity contribution in [3.8, 4) is 5.75 Å². The largest absolute Gasteiger partial charge is 0.483 e. The maximum Gasteiger partial charge on any atom is 0.276 e. The quantitative estimate of drug-likeness (QED) is 0.393. The summed E-state index contributed by atoms with van der Waals surface area (Å²) in [6.07, 6.45) is 1.21. The monoisotopic (exact) mass is 487 g/mol. The lowest BCUT2D eigenvalue weighted by Gasteiger charge is -2.12. The Bertz CT molecular complexity index is 1300. The number of amides is 2. The number of nitrogens with one attached hydrogen (secondary N) is 2. The van der Waals surface area contributed by atoms with Gasteiger partial charge in [0.25, 0.3) is 5.91 Å². The molecule has 0 fully saturated rings. The van der Waals surface area contributed by atoms with Crippen LogP contribution in [0.25, 0.3) is 11.0 Å². The lowest BCUT2D eigenvalue weighted by molar-refractivity contribution is -0.130. The fourth-order valence-electron chi connectivity index (χ4n) is 3.63. The van der Waals surface area contributed by atoms with E-state index in [2.05, 4.69) is 15.8 Å². The van der Waals surface area contributed by atoms with Crippen molar-refractivity contribution in [2.24, 2.45) is 5.14 Å². The van der Waals surface area contributed by atoms with Crippen LogP contribution in [0.5, 0.6) is 5.75 Å². The van der Waals surface area contributed by atoms with Crippen LogP contribution < -0.4 is 20.7 Å². The zero-order chi connectivity index (χ0) is 24.9. The molecule has 1 aromatic heterocycles. The van der Waals surface area contributed by atoms with E-state index in [4.69, 9.17) is 9.88 Å². The van der Waals surface area contributed by atoms with Gasteiger partial charge in [-0.05, 0) is 49.6 Å². The van der Waals surface area contributed by atoms with Gasteiger partial charge in [-0.25, -0.2) is 18.5 Å². The van der Waals surface area contributed by atoms with Crippen LogP contribution in [0.2, 0.25) is 0 Å². The molecule has 0 aliphatic rings. The Morgan fingerprint density at radius 1 is 1.09 bits per heavy atom. The highest BCUT2D eigenvalue weighted by molar-refractivity contribution is 7.89. The van der Waals surface area contributed by atoms with Crippen LogP contribution in [0.1, 0.15) is 36.7 Å². The molecular formula is C23H29N5O5S. The number of aryl methyl sites for hydroxylation is 4. The number of hydrogen-bond acceptors (Lipinski definition) is 6. The summed E-state index contributed by atoms with van der Waals surface area (Å²) < 4.78 is 30.8. The Balaban J connectivity index is 1.58. The molecule has 34 heavy (non-hydrogen) atoms. The number of sulfonamides is 1. The van der Waals surface area contributed by atoms with Gasteiger partial charge in [-0.1, -0.05) is 25.1 Å².